The van der Waals surface area contributed by atoms with Crippen LogP contribution in [0.3, 0.4) is 0 Å². The highest BCUT2D eigenvalue weighted by Gasteiger charge is 2.31. The van der Waals surface area contributed by atoms with Gasteiger partial charge in [0.25, 0.3) is 0 Å². The predicted octanol–water partition coefficient (Wildman–Crippen LogP) is 0.104. The largest absolute Gasteiger partial charge is 0.480 e. The van der Waals surface area contributed by atoms with Gasteiger partial charge in [-0.3, -0.25) is 4.79 Å². The van der Waals surface area contributed by atoms with E-state index in [1.165, 1.54) is 6.08 Å². The topological polar surface area (TPSA) is 87.7 Å². The lowest BCUT2D eigenvalue weighted by Gasteiger charge is -2.29. The molecule has 0 unspecified atom stereocenters. The van der Waals surface area contributed by atoms with Crippen molar-refractivity contribution >= 4 is 12.1 Å². The van der Waals surface area contributed by atoms with Gasteiger partial charge in [0.2, 0.25) is 0 Å². The number of hydrogen-bond donors (Lipinski definition) is 3. The molecule has 0 radical (unpaired) electrons. The third kappa shape index (κ3) is 3.54. The van der Waals surface area contributed by atoms with Crippen molar-refractivity contribution < 1.29 is 19.4 Å². The Balaban J connectivity index is 2.46. The molecule has 1 fully saturated rings. The first-order valence-corrected chi connectivity index (χ1v) is 5.15. The number of carboxylic acids is 1. The summed E-state index contributed by atoms with van der Waals surface area (Å²) in [5, 5.41) is 14.3. The SMILES string of the molecule is C=CCOC(=O)N[C@H]1CCCN[C@H]1C(=O)O. The summed E-state index contributed by atoms with van der Waals surface area (Å²) in [6, 6.07) is -1.17. The van der Waals surface area contributed by atoms with Crippen LogP contribution in [0, 0.1) is 0 Å². The minimum absolute atomic E-state index is 0.115. The number of amides is 1. The van der Waals surface area contributed by atoms with Gasteiger partial charge in [-0.15, -0.1) is 0 Å². The number of piperidine rings is 1. The number of ether oxygens (including phenoxy) is 1. The van der Waals surface area contributed by atoms with Crippen LogP contribution in [0.4, 0.5) is 4.79 Å². The van der Waals surface area contributed by atoms with E-state index in [0.717, 1.165) is 6.42 Å². The third-order valence-corrected chi connectivity index (χ3v) is 2.36. The van der Waals surface area contributed by atoms with Crippen molar-refractivity contribution in [3.63, 3.8) is 0 Å². The van der Waals surface area contributed by atoms with E-state index in [2.05, 4.69) is 17.2 Å². The van der Waals surface area contributed by atoms with Crippen molar-refractivity contribution in [3.05, 3.63) is 12.7 Å². The molecule has 1 aliphatic heterocycles. The molecule has 6 nitrogen and oxygen atoms in total. The molecule has 6 heteroatoms. The summed E-state index contributed by atoms with van der Waals surface area (Å²) in [7, 11) is 0. The van der Waals surface area contributed by atoms with Crippen LogP contribution < -0.4 is 10.6 Å². The molecule has 1 heterocycles. The molecule has 1 aliphatic rings. The zero-order valence-electron chi connectivity index (χ0n) is 8.94. The lowest BCUT2D eigenvalue weighted by atomic mass is 9.99. The van der Waals surface area contributed by atoms with Gasteiger partial charge in [-0.25, -0.2) is 4.79 Å². The normalized spacial score (nSPS) is 24.5. The van der Waals surface area contributed by atoms with E-state index in [1.807, 2.05) is 0 Å². The molecule has 90 valence electrons. The van der Waals surface area contributed by atoms with Crippen molar-refractivity contribution in [3.8, 4) is 0 Å². The van der Waals surface area contributed by atoms with Gasteiger partial charge in [-0.2, -0.15) is 0 Å². The predicted molar refractivity (Wildman–Crippen MR) is 57.1 cm³/mol. The van der Waals surface area contributed by atoms with Gasteiger partial charge < -0.3 is 20.5 Å². The van der Waals surface area contributed by atoms with Crippen molar-refractivity contribution in [1.82, 2.24) is 10.6 Å². The van der Waals surface area contributed by atoms with Crippen LogP contribution in [-0.4, -0.2) is 42.4 Å². The van der Waals surface area contributed by atoms with Crippen molar-refractivity contribution in [2.75, 3.05) is 13.2 Å². The van der Waals surface area contributed by atoms with E-state index in [1.54, 1.807) is 0 Å². The van der Waals surface area contributed by atoms with Gasteiger partial charge in [0, 0.05) is 0 Å². The Morgan fingerprint density at radius 2 is 2.38 bits per heavy atom. The summed E-state index contributed by atoms with van der Waals surface area (Å²) >= 11 is 0. The van der Waals surface area contributed by atoms with Gasteiger partial charge in [-0.1, -0.05) is 12.7 Å². The van der Waals surface area contributed by atoms with E-state index in [9.17, 15) is 9.59 Å². The number of hydrogen-bond acceptors (Lipinski definition) is 4. The van der Waals surface area contributed by atoms with E-state index in [4.69, 9.17) is 9.84 Å². The first-order valence-electron chi connectivity index (χ1n) is 5.15. The molecular formula is C10H16N2O4. The van der Waals surface area contributed by atoms with Crippen LogP contribution in [0.5, 0.6) is 0 Å². The van der Waals surface area contributed by atoms with Gasteiger partial charge >= 0.3 is 12.1 Å². The molecule has 0 bridgehead atoms. The minimum Gasteiger partial charge on any atom is -0.480 e. The third-order valence-electron chi connectivity index (χ3n) is 2.36. The number of carbonyl (C=O) groups excluding carboxylic acids is 1. The van der Waals surface area contributed by atoms with Crippen LogP contribution in [0.25, 0.3) is 0 Å². The number of aliphatic carboxylic acids is 1. The minimum atomic E-state index is -0.964. The highest BCUT2D eigenvalue weighted by atomic mass is 16.5. The Labute approximate surface area is 93.7 Å². The maximum Gasteiger partial charge on any atom is 0.407 e. The van der Waals surface area contributed by atoms with Gasteiger partial charge in [0.1, 0.15) is 12.6 Å². The van der Waals surface area contributed by atoms with Crippen LogP contribution in [0.2, 0.25) is 0 Å². The summed E-state index contributed by atoms with van der Waals surface area (Å²) in [5.74, 6) is -0.964. The van der Waals surface area contributed by atoms with E-state index in [0.29, 0.717) is 13.0 Å². The van der Waals surface area contributed by atoms with Crippen molar-refractivity contribution in [1.29, 1.82) is 0 Å². The average Bonchev–Trinajstić information content (AvgIpc) is 2.27. The Kier molecular flexibility index (Phi) is 4.78. The standard InChI is InChI=1S/C10H16N2O4/c1-2-6-16-10(15)12-7-4-3-5-11-8(7)9(13)14/h2,7-8,11H,1,3-6H2,(H,12,15)(H,13,14)/t7-,8+/m0/s1. The number of carbonyl (C=O) groups is 2. The average molecular weight is 228 g/mol. The fraction of sp³-hybridized carbons (Fsp3) is 0.600. The van der Waals surface area contributed by atoms with Crippen LogP contribution >= 0.6 is 0 Å². The molecule has 0 aliphatic carbocycles. The lowest BCUT2D eigenvalue weighted by molar-refractivity contribution is -0.140. The number of rotatable bonds is 4. The van der Waals surface area contributed by atoms with Crippen LogP contribution in [0.15, 0.2) is 12.7 Å². The molecule has 0 aromatic carbocycles. The Bertz CT molecular complexity index is 280. The molecule has 0 aromatic rings. The van der Waals surface area contributed by atoms with E-state index < -0.39 is 24.1 Å². The fourth-order valence-electron chi connectivity index (χ4n) is 1.63. The maximum atomic E-state index is 11.2. The van der Waals surface area contributed by atoms with Gasteiger partial charge in [-0.05, 0) is 19.4 Å². The molecule has 0 saturated carbocycles. The monoisotopic (exact) mass is 228 g/mol. The van der Waals surface area contributed by atoms with Crippen LogP contribution in [-0.2, 0) is 9.53 Å². The summed E-state index contributed by atoms with van der Waals surface area (Å²) < 4.78 is 4.73. The Morgan fingerprint density at radius 1 is 1.62 bits per heavy atom. The molecule has 3 N–H and O–H groups in total. The lowest BCUT2D eigenvalue weighted by Crippen LogP contribution is -2.57. The number of carboxylic acid groups (broad SMARTS) is 1. The summed E-state index contributed by atoms with van der Waals surface area (Å²) in [6.07, 6.45) is 2.30. The van der Waals surface area contributed by atoms with Gasteiger partial charge in [0.05, 0.1) is 6.04 Å². The Hall–Kier alpha value is -1.56. The zero-order valence-corrected chi connectivity index (χ0v) is 8.94. The smallest absolute Gasteiger partial charge is 0.407 e. The first-order chi connectivity index (χ1) is 7.65. The quantitative estimate of drug-likeness (QED) is 0.594. The first kappa shape index (κ1) is 12.5. The zero-order chi connectivity index (χ0) is 12.0. The fourth-order valence-corrected chi connectivity index (χ4v) is 1.63. The Morgan fingerprint density at radius 3 is 3.00 bits per heavy atom. The maximum absolute atomic E-state index is 11.2. The van der Waals surface area contributed by atoms with Crippen molar-refractivity contribution in [2.24, 2.45) is 0 Å². The van der Waals surface area contributed by atoms with Crippen molar-refractivity contribution in [2.45, 2.75) is 24.9 Å². The second kappa shape index (κ2) is 6.12. The number of nitrogens with one attached hydrogen (secondary N) is 2. The molecule has 2 atom stereocenters. The van der Waals surface area contributed by atoms with Crippen LogP contribution in [0.1, 0.15) is 12.8 Å². The second-order valence-electron chi connectivity index (χ2n) is 3.55. The molecule has 1 amide bonds. The molecule has 1 saturated heterocycles. The van der Waals surface area contributed by atoms with E-state index in [-0.39, 0.29) is 6.61 Å². The number of alkyl carbamates (subject to hydrolysis) is 1. The molecule has 1 rings (SSSR count). The highest BCUT2D eigenvalue weighted by Crippen LogP contribution is 2.09. The molecular weight excluding hydrogens is 212 g/mol. The summed E-state index contributed by atoms with van der Waals surface area (Å²) in [5.41, 5.74) is 0. The molecule has 16 heavy (non-hydrogen) atoms. The molecule has 0 spiro atoms. The van der Waals surface area contributed by atoms with Gasteiger partial charge in [0.15, 0.2) is 0 Å². The van der Waals surface area contributed by atoms with E-state index >= 15 is 0 Å². The molecule has 0 aromatic heterocycles. The summed E-state index contributed by atoms with van der Waals surface area (Å²) in [6.45, 7) is 4.18. The summed E-state index contributed by atoms with van der Waals surface area (Å²) in [4.78, 5) is 22.1. The second-order valence-corrected chi connectivity index (χ2v) is 3.55. The highest BCUT2D eigenvalue weighted by molar-refractivity contribution is 5.76.